The fraction of sp³-hybridized carbons (Fsp3) is 0.308. The Labute approximate surface area is 99.5 Å². The lowest BCUT2D eigenvalue weighted by atomic mass is 10.1. The Morgan fingerprint density at radius 3 is 2.88 bits per heavy atom. The van der Waals surface area contributed by atoms with Gasteiger partial charge in [-0.25, -0.2) is 4.39 Å². The minimum absolute atomic E-state index is 0.323. The fourth-order valence-corrected chi connectivity index (χ4v) is 1.72. The number of nitrogens with zero attached hydrogens (tertiary/aromatic N) is 2. The molecule has 0 spiro atoms. The molecule has 0 saturated heterocycles. The highest BCUT2D eigenvalue weighted by Crippen LogP contribution is 2.30. The van der Waals surface area contributed by atoms with Gasteiger partial charge in [0.2, 0.25) is 0 Å². The number of hydrogen-bond donors (Lipinski definition) is 1. The molecule has 0 unspecified atom stereocenters. The number of phenols is 1. The average molecular weight is 234 g/mol. The van der Waals surface area contributed by atoms with Crippen molar-refractivity contribution in [2.24, 2.45) is 5.92 Å². The number of para-hydroxylation sites is 1. The lowest BCUT2D eigenvalue weighted by Gasteiger charge is -2.04. The lowest BCUT2D eigenvalue weighted by Crippen LogP contribution is -2.03. The summed E-state index contributed by atoms with van der Waals surface area (Å²) in [5.41, 5.74) is 1.20. The van der Waals surface area contributed by atoms with E-state index in [1.54, 1.807) is 23.0 Å². The first-order chi connectivity index (χ1) is 8.08. The van der Waals surface area contributed by atoms with Crippen molar-refractivity contribution in [2.45, 2.75) is 20.4 Å². The fourth-order valence-electron chi connectivity index (χ4n) is 1.72. The van der Waals surface area contributed by atoms with E-state index in [0.717, 1.165) is 12.1 Å². The van der Waals surface area contributed by atoms with E-state index in [2.05, 4.69) is 18.9 Å². The SMILES string of the molecule is CC(C)Cn1cc(-c2cccc(F)c2O)cn1. The van der Waals surface area contributed by atoms with E-state index in [0.29, 0.717) is 11.5 Å². The third kappa shape index (κ3) is 2.46. The van der Waals surface area contributed by atoms with Crippen molar-refractivity contribution in [2.75, 3.05) is 0 Å². The molecule has 1 N–H and O–H groups in total. The molecule has 4 heteroatoms. The van der Waals surface area contributed by atoms with Crippen LogP contribution in [0.25, 0.3) is 11.1 Å². The molecule has 3 nitrogen and oxygen atoms in total. The molecule has 2 aromatic rings. The van der Waals surface area contributed by atoms with Crippen molar-refractivity contribution >= 4 is 0 Å². The van der Waals surface area contributed by atoms with E-state index in [-0.39, 0.29) is 5.75 Å². The van der Waals surface area contributed by atoms with Crippen molar-refractivity contribution in [1.82, 2.24) is 9.78 Å². The molecule has 2 rings (SSSR count). The predicted octanol–water partition coefficient (Wildman–Crippen LogP) is 3.05. The summed E-state index contributed by atoms with van der Waals surface area (Å²) in [6.45, 7) is 5.00. The third-order valence-corrected chi connectivity index (χ3v) is 2.48. The molecule has 1 aromatic heterocycles. The van der Waals surface area contributed by atoms with E-state index in [1.165, 1.54) is 6.07 Å². The molecule has 0 aliphatic carbocycles. The van der Waals surface area contributed by atoms with Gasteiger partial charge in [0.25, 0.3) is 0 Å². The number of halogens is 1. The second-order valence-electron chi connectivity index (χ2n) is 4.48. The zero-order chi connectivity index (χ0) is 12.4. The van der Waals surface area contributed by atoms with Crippen LogP contribution >= 0.6 is 0 Å². The van der Waals surface area contributed by atoms with Gasteiger partial charge in [-0.15, -0.1) is 0 Å². The van der Waals surface area contributed by atoms with Crippen LogP contribution in [-0.2, 0) is 6.54 Å². The first kappa shape index (κ1) is 11.6. The molecule has 0 saturated carbocycles. The van der Waals surface area contributed by atoms with Gasteiger partial charge >= 0.3 is 0 Å². The molecule has 0 aliphatic rings. The number of hydrogen-bond acceptors (Lipinski definition) is 2. The summed E-state index contributed by atoms with van der Waals surface area (Å²) in [5, 5.41) is 13.8. The minimum atomic E-state index is -0.612. The standard InChI is InChI=1S/C13H15FN2O/c1-9(2)7-16-8-10(6-15-16)11-4-3-5-12(14)13(11)17/h3-6,8-9,17H,7H2,1-2H3. The largest absolute Gasteiger partial charge is 0.504 e. The Bertz CT molecular complexity index is 520. The zero-order valence-corrected chi connectivity index (χ0v) is 9.89. The number of aromatic hydroxyl groups is 1. The minimum Gasteiger partial charge on any atom is -0.504 e. The zero-order valence-electron chi connectivity index (χ0n) is 9.89. The van der Waals surface area contributed by atoms with Crippen LogP contribution in [0.3, 0.4) is 0 Å². The summed E-state index contributed by atoms with van der Waals surface area (Å²) in [6, 6.07) is 4.48. The molecular weight excluding hydrogens is 219 g/mol. The van der Waals surface area contributed by atoms with Crippen LogP contribution < -0.4 is 0 Å². The van der Waals surface area contributed by atoms with Crippen molar-refractivity contribution in [3.63, 3.8) is 0 Å². The first-order valence-electron chi connectivity index (χ1n) is 5.58. The van der Waals surface area contributed by atoms with E-state index in [9.17, 15) is 9.50 Å². The molecule has 0 bridgehead atoms. The highest BCUT2D eigenvalue weighted by atomic mass is 19.1. The summed E-state index contributed by atoms with van der Waals surface area (Å²) in [5.74, 6) is -0.445. The van der Waals surface area contributed by atoms with Gasteiger partial charge in [-0.1, -0.05) is 26.0 Å². The first-order valence-corrected chi connectivity index (χ1v) is 5.58. The van der Waals surface area contributed by atoms with E-state index in [1.807, 2.05) is 6.20 Å². The van der Waals surface area contributed by atoms with Gasteiger partial charge in [-0.3, -0.25) is 4.68 Å². The Kier molecular flexibility index (Phi) is 3.13. The molecule has 90 valence electrons. The van der Waals surface area contributed by atoms with Crippen molar-refractivity contribution in [3.05, 3.63) is 36.4 Å². The molecule has 0 atom stereocenters. The second kappa shape index (κ2) is 4.57. The maximum Gasteiger partial charge on any atom is 0.165 e. The van der Waals surface area contributed by atoms with Crippen LogP contribution in [0, 0.1) is 11.7 Å². The van der Waals surface area contributed by atoms with Crippen LogP contribution in [0.2, 0.25) is 0 Å². The van der Waals surface area contributed by atoms with Gasteiger partial charge in [-0.2, -0.15) is 5.10 Å². The van der Waals surface area contributed by atoms with Crippen molar-refractivity contribution in [1.29, 1.82) is 0 Å². The van der Waals surface area contributed by atoms with E-state index < -0.39 is 5.82 Å². The monoisotopic (exact) mass is 234 g/mol. The number of phenolic OH excluding ortho intramolecular Hbond substituents is 1. The van der Waals surface area contributed by atoms with Crippen LogP contribution in [-0.4, -0.2) is 14.9 Å². The smallest absolute Gasteiger partial charge is 0.165 e. The van der Waals surface area contributed by atoms with Crippen LogP contribution in [0.4, 0.5) is 4.39 Å². The molecule has 0 aliphatic heterocycles. The van der Waals surface area contributed by atoms with Crippen LogP contribution in [0.1, 0.15) is 13.8 Å². The summed E-state index contributed by atoms with van der Waals surface area (Å²) >= 11 is 0. The topological polar surface area (TPSA) is 38.0 Å². The lowest BCUT2D eigenvalue weighted by molar-refractivity contribution is 0.434. The summed E-state index contributed by atoms with van der Waals surface area (Å²) in [6.07, 6.45) is 3.45. The van der Waals surface area contributed by atoms with E-state index in [4.69, 9.17) is 0 Å². The molecular formula is C13H15FN2O. The number of benzene rings is 1. The normalized spacial score (nSPS) is 11.1. The highest BCUT2D eigenvalue weighted by molar-refractivity contribution is 5.68. The summed E-state index contributed by atoms with van der Waals surface area (Å²) in [4.78, 5) is 0. The van der Waals surface area contributed by atoms with Crippen LogP contribution in [0.15, 0.2) is 30.6 Å². The molecule has 1 heterocycles. The van der Waals surface area contributed by atoms with Gasteiger partial charge in [-0.05, 0) is 12.0 Å². The number of aromatic nitrogens is 2. The van der Waals surface area contributed by atoms with Gasteiger partial charge in [0.05, 0.1) is 6.20 Å². The van der Waals surface area contributed by atoms with Gasteiger partial charge < -0.3 is 5.11 Å². The van der Waals surface area contributed by atoms with Crippen LogP contribution in [0.5, 0.6) is 5.75 Å². The Balaban J connectivity index is 2.34. The summed E-state index contributed by atoms with van der Waals surface area (Å²) in [7, 11) is 0. The molecule has 0 radical (unpaired) electrons. The van der Waals surface area contributed by atoms with Gasteiger partial charge in [0.15, 0.2) is 11.6 Å². The molecule has 0 amide bonds. The van der Waals surface area contributed by atoms with Gasteiger partial charge in [0.1, 0.15) is 0 Å². The van der Waals surface area contributed by atoms with Gasteiger partial charge in [0, 0.05) is 23.9 Å². The Morgan fingerprint density at radius 1 is 1.41 bits per heavy atom. The molecule has 17 heavy (non-hydrogen) atoms. The Hall–Kier alpha value is -1.84. The Morgan fingerprint density at radius 2 is 2.18 bits per heavy atom. The van der Waals surface area contributed by atoms with Crippen molar-refractivity contribution in [3.8, 4) is 16.9 Å². The highest BCUT2D eigenvalue weighted by Gasteiger charge is 2.10. The third-order valence-electron chi connectivity index (χ3n) is 2.48. The molecule has 1 aromatic carbocycles. The molecule has 0 fully saturated rings. The van der Waals surface area contributed by atoms with Crippen molar-refractivity contribution < 1.29 is 9.50 Å². The van der Waals surface area contributed by atoms with E-state index >= 15 is 0 Å². The predicted molar refractivity (Wildman–Crippen MR) is 64.1 cm³/mol. The second-order valence-corrected chi connectivity index (χ2v) is 4.48. The number of rotatable bonds is 3. The average Bonchev–Trinajstić information content (AvgIpc) is 2.69. The quantitative estimate of drug-likeness (QED) is 0.886. The maximum atomic E-state index is 13.2. The summed E-state index contributed by atoms with van der Waals surface area (Å²) < 4.78 is 15.0. The maximum absolute atomic E-state index is 13.2.